The number of benzene rings is 2. The highest BCUT2D eigenvalue weighted by molar-refractivity contribution is 6.36. The average Bonchev–Trinajstić information content (AvgIpc) is 2.69. The number of aryl methyl sites for hydroxylation is 1. The van der Waals surface area contributed by atoms with Gasteiger partial charge < -0.3 is 14.1 Å². The van der Waals surface area contributed by atoms with Crippen LogP contribution in [0, 0.1) is 0 Å². The third kappa shape index (κ3) is 2.86. The van der Waals surface area contributed by atoms with Gasteiger partial charge in [-0.1, -0.05) is 34.8 Å². The molecule has 2 aromatic carbocycles. The van der Waals surface area contributed by atoms with Crippen molar-refractivity contribution < 1.29 is 9.15 Å². The minimum Gasteiger partial charge on any atom is -0.471 e. The van der Waals surface area contributed by atoms with Gasteiger partial charge >= 0.3 is 5.63 Å². The Hall–Kier alpha value is -1.88. The molecule has 28 heavy (non-hydrogen) atoms. The molecule has 2 aliphatic rings. The van der Waals surface area contributed by atoms with Gasteiger partial charge in [0.05, 0.1) is 27.8 Å². The van der Waals surface area contributed by atoms with Gasteiger partial charge in [0.2, 0.25) is 0 Å². The highest BCUT2D eigenvalue weighted by atomic mass is 35.5. The molecule has 7 heteroatoms. The molecule has 1 aliphatic heterocycles. The van der Waals surface area contributed by atoms with Crippen LogP contribution in [0.2, 0.25) is 15.1 Å². The molecule has 1 aliphatic carbocycles. The molecule has 2 heterocycles. The van der Waals surface area contributed by atoms with Crippen LogP contribution >= 0.6 is 34.8 Å². The van der Waals surface area contributed by atoms with Crippen LogP contribution in [0.5, 0.6) is 5.75 Å². The minimum absolute atomic E-state index is 0.256. The van der Waals surface area contributed by atoms with Crippen molar-refractivity contribution in [1.29, 1.82) is 0 Å². The number of ether oxygens (including phenoxy) is 1. The van der Waals surface area contributed by atoms with Gasteiger partial charge in [-0.3, -0.25) is 0 Å². The van der Waals surface area contributed by atoms with Crippen LogP contribution < -0.4 is 15.3 Å². The van der Waals surface area contributed by atoms with E-state index in [1.165, 1.54) is 0 Å². The summed E-state index contributed by atoms with van der Waals surface area (Å²) in [7, 11) is 0. The second kappa shape index (κ2) is 6.87. The topological polar surface area (TPSA) is 42.7 Å². The zero-order chi connectivity index (χ0) is 19.4. The maximum Gasteiger partial charge on any atom is 0.339 e. The molecular formula is C21H16Cl3NO3. The van der Waals surface area contributed by atoms with Gasteiger partial charge in [0, 0.05) is 16.0 Å². The highest BCUT2D eigenvalue weighted by Gasteiger charge is 2.28. The lowest BCUT2D eigenvalue weighted by atomic mass is 9.90. The van der Waals surface area contributed by atoms with Crippen molar-refractivity contribution in [2.24, 2.45) is 0 Å². The fourth-order valence-corrected chi connectivity index (χ4v) is 4.97. The molecular weight excluding hydrogens is 421 g/mol. The zero-order valence-electron chi connectivity index (χ0n) is 14.9. The van der Waals surface area contributed by atoms with E-state index in [2.05, 4.69) is 0 Å². The molecule has 4 nitrogen and oxygen atoms in total. The lowest BCUT2D eigenvalue weighted by Gasteiger charge is -2.32. The van der Waals surface area contributed by atoms with Gasteiger partial charge in [-0.25, -0.2) is 4.79 Å². The van der Waals surface area contributed by atoms with Gasteiger partial charge in [-0.15, -0.1) is 0 Å². The van der Waals surface area contributed by atoms with Crippen LogP contribution in [0.3, 0.4) is 0 Å². The van der Waals surface area contributed by atoms with Gasteiger partial charge in [0.25, 0.3) is 0 Å². The molecule has 0 saturated carbocycles. The molecule has 0 radical (unpaired) electrons. The number of rotatable bonds is 1. The fraction of sp³-hybridized carbons (Fsp3) is 0.286. The molecule has 0 atom stereocenters. The number of hydrogen-bond acceptors (Lipinski definition) is 4. The van der Waals surface area contributed by atoms with Crippen LogP contribution in [0.25, 0.3) is 11.0 Å². The predicted molar refractivity (Wildman–Crippen MR) is 112 cm³/mol. The Kier molecular flexibility index (Phi) is 4.46. The Bertz CT molecular complexity index is 1170. The average molecular weight is 437 g/mol. The smallest absolute Gasteiger partial charge is 0.339 e. The highest BCUT2D eigenvalue weighted by Crippen LogP contribution is 2.42. The lowest BCUT2D eigenvalue weighted by molar-refractivity contribution is 0.289. The number of nitrogens with zero attached hydrogens (tertiary/aromatic N) is 1. The van der Waals surface area contributed by atoms with Crippen molar-refractivity contribution in [3.8, 4) is 5.75 Å². The summed E-state index contributed by atoms with van der Waals surface area (Å²) in [5, 5.41) is 2.54. The maximum atomic E-state index is 12.6. The van der Waals surface area contributed by atoms with E-state index in [1.54, 1.807) is 12.1 Å². The van der Waals surface area contributed by atoms with Crippen LogP contribution in [0.15, 0.2) is 33.5 Å². The summed E-state index contributed by atoms with van der Waals surface area (Å²) in [4.78, 5) is 14.6. The summed E-state index contributed by atoms with van der Waals surface area (Å²) in [6.45, 7) is 0.754. The normalized spacial score (nSPS) is 15.9. The summed E-state index contributed by atoms with van der Waals surface area (Å²) >= 11 is 18.9. The molecule has 5 rings (SSSR count). The largest absolute Gasteiger partial charge is 0.471 e. The quantitative estimate of drug-likeness (QED) is 0.440. The first-order valence-corrected chi connectivity index (χ1v) is 10.3. The molecule has 0 bridgehead atoms. The van der Waals surface area contributed by atoms with Gasteiger partial charge in [-0.2, -0.15) is 0 Å². The van der Waals surface area contributed by atoms with E-state index in [4.69, 9.17) is 44.0 Å². The number of hydrogen-bond donors (Lipinski definition) is 0. The predicted octanol–water partition coefficient (Wildman–Crippen LogP) is 5.99. The van der Waals surface area contributed by atoms with Crippen LogP contribution in [-0.4, -0.2) is 6.73 Å². The van der Waals surface area contributed by atoms with Crippen molar-refractivity contribution in [3.63, 3.8) is 0 Å². The van der Waals surface area contributed by atoms with Crippen molar-refractivity contribution in [2.45, 2.75) is 32.2 Å². The molecule has 0 unspecified atom stereocenters. The Morgan fingerprint density at radius 3 is 2.50 bits per heavy atom. The second-order valence-corrected chi connectivity index (χ2v) is 8.41. The van der Waals surface area contributed by atoms with Gasteiger partial charge in [0.15, 0.2) is 6.73 Å². The Labute approximate surface area is 176 Å². The van der Waals surface area contributed by atoms with Crippen molar-refractivity contribution >= 4 is 51.5 Å². The minimum atomic E-state index is -0.256. The summed E-state index contributed by atoms with van der Waals surface area (Å²) in [5.74, 6) is 0.564. The number of halogens is 3. The Morgan fingerprint density at radius 2 is 1.71 bits per heavy atom. The number of fused-ring (bicyclic) bond motifs is 5. The molecule has 0 amide bonds. The van der Waals surface area contributed by atoms with Crippen LogP contribution in [0.1, 0.15) is 29.5 Å². The Balaban J connectivity index is 1.69. The van der Waals surface area contributed by atoms with E-state index in [1.807, 2.05) is 17.0 Å². The molecule has 0 N–H and O–H groups in total. The first kappa shape index (κ1) is 18.2. The molecule has 1 aromatic heterocycles. The van der Waals surface area contributed by atoms with E-state index >= 15 is 0 Å². The third-order valence-corrected chi connectivity index (χ3v) is 6.30. The van der Waals surface area contributed by atoms with Crippen LogP contribution in [0.4, 0.5) is 5.69 Å². The molecule has 144 valence electrons. The first-order valence-electron chi connectivity index (χ1n) is 9.15. The van der Waals surface area contributed by atoms with Crippen LogP contribution in [-0.2, 0) is 19.4 Å². The molecule has 0 fully saturated rings. The van der Waals surface area contributed by atoms with Crippen molar-refractivity contribution in [2.75, 3.05) is 11.6 Å². The van der Waals surface area contributed by atoms with E-state index < -0.39 is 0 Å². The SMILES string of the molecule is O=c1oc2c3c(c(Cl)cc2c2c1CCCC2)OCN(c1ccc(Cl)cc1Cl)C3. The molecule has 0 saturated heterocycles. The van der Waals surface area contributed by atoms with Gasteiger partial charge in [-0.05, 0) is 55.5 Å². The van der Waals surface area contributed by atoms with E-state index in [9.17, 15) is 4.79 Å². The monoisotopic (exact) mass is 435 g/mol. The third-order valence-electron chi connectivity index (χ3n) is 5.48. The maximum absolute atomic E-state index is 12.6. The van der Waals surface area contributed by atoms with Crippen molar-refractivity contribution in [1.82, 2.24) is 0 Å². The summed E-state index contributed by atoms with van der Waals surface area (Å²) < 4.78 is 11.7. The molecule has 3 aromatic rings. The van der Waals surface area contributed by atoms with E-state index in [0.717, 1.165) is 53.4 Å². The standard InChI is InChI=1S/C21H16Cl3NO3/c22-11-5-6-18(16(23)7-11)25-9-15-19-14(8-17(24)20(15)27-10-25)12-3-1-2-4-13(12)21(26)28-19/h5-8H,1-4,9-10H2. The first-order chi connectivity index (χ1) is 13.5. The summed E-state index contributed by atoms with van der Waals surface area (Å²) in [6, 6.07) is 7.20. The molecule has 0 spiro atoms. The Morgan fingerprint density at radius 1 is 0.929 bits per heavy atom. The second-order valence-electron chi connectivity index (χ2n) is 7.16. The lowest BCUT2D eigenvalue weighted by Crippen LogP contribution is -2.32. The fourth-order valence-electron chi connectivity index (χ4n) is 4.16. The van der Waals surface area contributed by atoms with Gasteiger partial charge in [0.1, 0.15) is 11.3 Å². The van der Waals surface area contributed by atoms with E-state index in [-0.39, 0.29) is 12.4 Å². The number of anilines is 1. The van der Waals surface area contributed by atoms with E-state index in [0.29, 0.717) is 32.9 Å². The summed E-state index contributed by atoms with van der Waals surface area (Å²) in [5.41, 5.74) is 3.71. The zero-order valence-corrected chi connectivity index (χ0v) is 17.1. The van der Waals surface area contributed by atoms with Crippen molar-refractivity contribution in [3.05, 3.63) is 66.4 Å². The summed E-state index contributed by atoms with van der Waals surface area (Å²) in [6.07, 6.45) is 3.68.